The highest BCUT2D eigenvalue weighted by Gasteiger charge is 2.34. The maximum Gasteiger partial charge on any atom is 0.264 e. The van der Waals surface area contributed by atoms with Crippen molar-refractivity contribution in [2.45, 2.75) is 37.8 Å². The highest BCUT2D eigenvalue weighted by Crippen LogP contribution is 2.36. The maximum absolute atomic E-state index is 14.1. The lowest BCUT2D eigenvalue weighted by molar-refractivity contribution is -0.140. The Balaban J connectivity index is 2.16. The molecule has 0 heterocycles. The van der Waals surface area contributed by atoms with Crippen LogP contribution in [0.3, 0.4) is 0 Å². The fraction of sp³-hybridized carbons (Fsp3) is 0.310. The van der Waals surface area contributed by atoms with E-state index in [9.17, 15) is 18.0 Å². The fourth-order valence-electron chi connectivity index (χ4n) is 4.26. The first-order valence-corrected chi connectivity index (χ1v) is 14.9. The molecule has 2 amide bonds. The monoisotopic (exact) mass is 621 g/mol. The number of aryl methyl sites for hydroxylation is 1. The summed E-state index contributed by atoms with van der Waals surface area (Å²) in [6, 6.07) is 15.0. The molecule has 1 N–H and O–H groups in total. The van der Waals surface area contributed by atoms with E-state index < -0.39 is 34.4 Å². The van der Waals surface area contributed by atoms with Gasteiger partial charge in [-0.05, 0) is 55.3 Å². The summed E-state index contributed by atoms with van der Waals surface area (Å²) >= 11 is 12.3. The second-order valence-corrected chi connectivity index (χ2v) is 11.8. The zero-order valence-corrected chi connectivity index (χ0v) is 25.8. The Morgan fingerprint density at radius 1 is 0.951 bits per heavy atom. The molecule has 0 aromatic heterocycles. The van der Waals surface area contributed by atoms with Crippen molar-refractivity contribution in [3.8, 4) is 11.5 Å². The molecule has 0 spiro atoms. The molecule has 0 saturated heterocycles. The first-order chi connectivity index (χ1) is 19.5. The molecule has 41 heavy (non-hydrogen) atoms. The number of hydrogen-bond donors (Lipinski definition) is 1. The normalized spacial score (nSPS) is 11.9. The summed E-state index contributed by atoms with van der Waals surface area (Å²) in [5.41, 5.74) is 1.58. The van der Waals surface area contributed by atoms with Gasteiger partial charge in [-0.15, -0.1) is 0 Å². The molecular weight excluding hydrogens is 589 g/mol. The number of benzene rings is 3. The molecule has 3 aromatic rings. The summed E-state index contributed by atoms with van der Waals surface area (Å²) in [7, 11) is 0.0350. The Bertz CT molecular complexity index is 1500. The van der Waals surface area contributed by atoms with Gasteiger partial charge in [0.05, 0.1) is 34.8 Å². The van der Waals surface area contributed by atoms with E-state index in [1.165, 1.54) is 44.4 Å². The summed E-state index contributed by atoms with van der Waals surface area (Å²) in [4.78, 5) is 28.3. The number of likely N-dealkylation sites (N-methyl/N-ethyl adjacent to an activating group) is 1. The van der Waals surface area contributed by atoms with Crippen molar-refractivity contribution in [1.82, 2.24) is 10.2 Å². The van der Waals surface area contributed by atoms with Crippen LogP contribution in [0.5, 0.6) is 11.5 Å². The molecule has 1 atom stereocenters. The Labute approximate surface area is 251 Å². The third-order valence-corrected chi connectivity index (χ3v) is 9.02. The Morgan fingerprint density at radius 3 is 2.20 bits per heavy atom. The van der Waals surface area contributed by atoms with Crippen molar-refractivity contribution in [1.29, 1.82) is 0 Å². The summed E-state index contributed by atoms with van der Waals surface area (Å²) in [5.74, 6) is -0.439. The smallest absolute Gasteiger partial charge is 0.264 e. The zero-order chi connectivity index (χ0) is 30.3. The van der Waals surface area contributed by atoms with E-state index in [1.807, 2.05) is 6.92 Å². The van der Waals surface area contributed by atoms with Crippen LogP contribution in [0, 0.1) is 6.92 Å². The van der Waals surface area contributed by atoms with E-state index in [-0.39, 0.29) is 34.3 Å². The van der Waals surface area contributed by atoms with Crippen molar-refractivity contribution in [3.63, 3.8) is 0 Å². The molecular formula is C29H33Cl2N3O6S. The zero-order valence-electron chi connectivity index (χ0n) is 23.5. The molecule has 9 nitrogen and oxygen atoms in total. The number of rotatable bonds is 12. The number of carbonyl (C=O) groups excluding carboxylic acids is 2. The molecule has 0 radical (unpaired) electrons. The van der Waals surface area contributed by atoms with Crippen LogP contribution in [0.4, 0.5) is 5.69 Å². The molecule has 0 aliphatic rings. The molecule has 0 fully saturated rings. The number of anilines is 1. The summed E-state index contributed by atoms with van der Waals surface area (Å²) in [6.07, 6.45) is 0.278. The number of carbonyl (C=O) groups is 2. The van der Waals surface area contributed by atoms with E-state index in [2.05, 4.69) is 5.32 Å². The van der Waals surface area contributed by atoms with Crippen molar-refractivity contribution in [2.75, 3.05) is 32.1 Å². The number of halogens is 2. The van der Waals surface area contributed by atoms with Crippen LogP contribution in [0.15, 0.2) is 65.6 Å². The minimum atomic E-state index is -4.29. The van der Waals surface area contributed by atoms with Crippen LogP contribution >= 0.6 is 23.2 Å². The molecule has 0 aliphatic carbocycles. The van der Waals surface area contributed by atoms with Crippen LogP contribution < -0.4 is 19.1 Å². The standard InChI is InChI=1S/C29H33Cl2N3O6S/c1-6-25(29(36)32-3)33(17-20-9-13-23(30)24(31)15-20)28(35)18-34(26-16-21(39-4)10-14-27(26)40-5)41(37,38)22-11-7-19(2)8-12-22/h7-16,25H,6,17-18H2,1-5H3,(H,32,36)/t25-/m0/s1. The molecule has 3 aromatic carbocycles. The predicted molar refractivity (Wildman–Crippen MR) is 160 cm³/mol. The van der Waals surface area contributed by atoms with E-state index in [0.29, 0.717) is 16.3 Å². The molecule has 0 bridgehead atoms. The SMILES string of the molecule is CC[C@@H](C(=O)NC)N(Cc1ccc(Cl)c(Cl)c1)C(=O)CN(c1cc(OC)ccc1OC)S(=O)(=O)c1ccc(C)cc1. The molecule has 220 valence electrons. The van der Waals surface area contributed by atoms with E-state index in [0.717, 1.165) is 9.87 Å². The Hall–Kier alpha value is -3.47. The maximum atomic E-state index is 14.1. The quantitative estimate of drug-likeness (QED) is 0.303. The van der Waals surface area contributed by atoms with Crippen molar-refractivity contribution >= 4 is 50.7 Å². The van der Waals surface area contributed by atoms with Crippen LogP contribution in [0.25, 0.3) is 0 Å². The van der Waals surface area contributed by atoms with Crippen LogP contribution in [0.2, 0.25) is 10.0 Å². The Morgan fingerprint density at radius 2 is 1.63 bits per heavy atom. The highest BCUT2D eigenvalue weighted by atomic mass is 35.5. The van der Waals surface area contributed by atoms with Crippen molar-refractivity contribution < 1.29 is 27.5 Å². The fourth-order valence-corrected chi connectivity index (χ4v) is 6.00. The lowest BCUT2D eigenvalue weighted by atomic mass is 10.1. The van der Waals surface area contributed by atoms with E-state index >= 15 is 0 Å². The molecule has 0 saturated carbocycles. The van der Waals surface area contributed by atoms with Crippen LogP contribution in [-0.4, -0.2) is 59.0 Å². The lowest BCUT2D eigenvalue weighted by Crippen LogP contribution is -2.51. The van der Waals surface area contributed by atoms with E-state index in [4.69, 9.17) is 32.7 Å². The van der Waals surface area contributed by atoms with Crippen molar-refractivity contribution in [2.24, 2.45) is 0 Å². The van der Waals surface area contributed by atoms with Crippen LogP contribution in [0.1, 0.15) is 24.5 Å². The van der Waals surface area contributed by atoms with Crippen LogP contribution in [-0.2, 0) is 26.2 Å². The first kappa shape index (κ1) is 32.0. The molecule has 12 heteroatoms. The van der Waals surface area contributed by atoms with Gasteiger partial charge in [-0.1, -0.05) is 53.9 Å². The van der Waals surface area contributed by atoms with Gasteiger partial charge in [0.1, 0.15) is 24.1 Å². The van der Waals surface area contributed by atoms with E-state index in [1.54, 1.807) is 49.4 Å². The average molecular weight is 623 g/mol. The number of sulfonamides is 1. The molecule has 0 unspecified atom stereocenters. The summed E-state index contributed by atoms with van der Waals surface area (Å²) < 4.78 is 40.0. The second-order valence-electron chi connectivity index (χ2n) is 9.17. The highest BCUT2D eigenvalue weighted by molar-refractivity contribution is 7.92. The second kappa shape index (κ2) is 13.9. The first-order valence-electron chi connectivity index (χ1n) is 12.7. The minimum absolute atomic E-state index is 0.0184. The van der Waals surface area contributed by atoms with Gasteiger partial charge in [-0.25, -0.2) is 8.42 Å². The largest absolute Gasteiger partial charge is 0.497 e. The average Bonchev–Trinajstić information content (AvgIpc) is 2.97. The van der Waals surface area contributed by atoms with Gasteiger partial charge in [0.25, 0.3) is 10.0 Å². The van der Waals surface area contributed by atoms with Crippen molar-refractivity contribution in [3.05, 3.63) is 81.8 Å². The number of nitrogens with one attached hydrogen (secondary N) is 1. The number of nitrogens with zero attached hydrogens (tertiary/aromatic N) is 2. The molecule has 3 rings (SSSR count). The Kier molecular flexibility index (Phi) is 10.9. The molecule has 0 aliphatic heterocycles. The predicted octanol–water partition coefficient (Wildman–Crippen LogP) is 5.07. The van der Waals surface area contributed by atoms with Gasteiger partial charge in [0, 0.05) is 19.7 Å². The van der Waals surface area contributed by atoms with Gasteiger partial charge in [0.2, 0.25) is 11.8 Å². The number of methoxy groups -OCH3 is 2. The van der Waals surface area contributed by atoms with Gasteiger partial charge in [0.15, 0.2) is 0 Å². The third kappa shape index (κ3) is 7.44. The number of amides is 2. The third-order valence-electron chi connectivity index (χ3n) is 6.51. The summed E-state index contributed by atoms with van der Waals surface area (Å²) in [5, 5.41) is 3.22. The topological polar surface area (TPSA) is 105 Å². The van der Waals surface area contributed by atoms with Gasteiger partial charge in [-0.3, -0.25) is 13.9 Å². The number of hydrogen-bond acceptors (Lipinski definition) is 6. The minimum Gasteiger partial charge on any atom is -0.497 e. The van der Waals surface area contributed by atoms with Gasteiger partial charge >= 0.3 is 0 Å². The van der Waals surface area contributed by atoms with Gasteiger partial charge < -0.3 is 19.7 Å². The lowest BCUT2D eigenvalue weighted by Gasteiger charge is -2.33. The van der Waals surface area contributed by atoms with Gasteiger partial charge in [-0.2, -0.15) is 0 Å². The summed E-state index contributed by atoms with van der Waals surface area (Å²) in [6.45, 7) is 2.96. The number of ether oxygens (including phenoxy) is 2.